The van der Waals surface area contributed by atoms with Gasteiger partial charge in [0.1, 0.15) is 41.2 Å². The molecule has 0 spiro atoms. The second-order valence-corrected chi connectivity index (χ2v) is 18.3. The number of amides is 1. The van der Waals surface area contributed by atoms with E-state index < -0.39 is 29.4 Å². The van der Waals surface area contributed by atoms with E-state index in [0.717, 1.165) is 48.7 Å². The van der Waals surface area contributed by atoms with Crippen molar-refractivity contribution in [2.45, 2.75) is 95.7 Å². The van der Waals surface area contributed by atoms with E-state index in [1.807, 2.05) is 63.2 Å². The Morgan fingerprint density at radius 2 is 1.66 bits per heavy atom. The Labute approximate surface area is 400 Å². The van der Waals surface area contributed by atoms with E-state index in [9.17, 15) is 24.9 Å². The Morgan fingerprint density at radius 1 is 0.912 bits per heavy atom. The van der Waals surface area contributed by atoms with Crippen molar-refractivity contribution in [1.82, 2.24) is 4.90 Å². The Hall–Kier alpha value is -5.29. The van der Waals surface area contributed by atoms with Crippen LogP contribution >= 0.6 is 0 Å². The summed E-state index contributed by atoms with van der Waals surface area (Å²) in [5.74, 6) is -0.613. The highest BCUT2D eigenvalue weighted by Gasteiger charge is 2.65. The van der Waals surface area contributed by atoms with E-state index in [1.54, 1.807) is 35.2 Å². The average molecular weight is 943 g/mol. The molecule has 0 bridgehead atoms. The summed E-state index contributed by atoms with van der Waals surface area (Å²) in [4.78, 5) is 34.5. The molecule has 1 amide bonds. The molecule has 3 aliphatic rings. The van der Waals surface area contributed by atoms with Gasteiger partial charge < -0.3 is 53.3 Å². The van der Waals surface area contributed by atoms with E-state index in [0.29, 0.717) is 53.7 Å². The number of ether oxygens (including phenoxy) is 7. The number of methoxy groups -OCH3 is 1. The van der Waals surface area contributed by atoms with Crippen molar-refractivity contribution >= 4 is 18.1 Å². The first-order valence-electron chi connectivity index (χ1n) is 23.8. The summed E-state index contributed by atoms with van der Waals surface area (Å²) < 4.78 is 44.0. The number of oxime groups is 1. The Kier molecular flexibility index (Phi) is 19.4. The van der Waals surface area contributed by atoms with Crippen molar-refractivity contribution in [3.63, 3.8) is 0 Å². The van der Waals surface area contributed by atoms with Crippen LogP contribution in [0.4, 0.5) is 4.79 Å². The third-order valence-corrected chi connectivity index (χ3v) is 12.5. The monoisotopic (exact) mass is 942 g/mol. The standard InChI is InChI=1S/C53H70N2O13/c1-6-26-65-53-48(55(22-27-62-28-25-58)51(60)64-30-29-63-36-37-14-8-7-9-15-37)34-45(54-68-52(2,3)4)43-32-38(16-10-12-23-56)42(17-11-13-24-57)49(50(43)53)44-33-41(19-21-47(44)67-53)66-40-18-20-46(61-5)39(31-40)35-59/h6-9,14-15,18-21,31-33,35,38,42,48-50,56-58H,1,10-13,16-17,22-30,34,36H2,2-5H3. The quantitative estimate of drug-likeness (QED) is 0.0287. The van der Waals surface area contributed by atoms with Crippen LogP contribution in [-0.2, 0) is 30.4 Å². The first kappa shape index (κ1) is 52.1. The first-order chi connectivity index (χ1) is 33.0. The third kappa shape index (κ3) is 13.1. The minimum absolute atomic E-state index is 0.00100. The van der Waals surface area contributed by atoms with Crippen molar-refractivity contribution < 1.29 is 62.9 Å². The van der Waals surface area contributed by atoms with E-state index in [2.05, 4.69) is 12.7 Å². The van der Waals surface area contributed by atoms with Gasteiger partial charge in [0.15, 0.2) is 6.29 Å². The molecule has 370 valence electrons. The van der Waals surface area contributed by atoms with Crippen LogP contribution in [0.5, 0.6) is 23.0 Å². The van der Waals surface area contributed by atoms with Gasteiger partial charge in [-0.25, -0.2) is 4.79 Å². The molecule has 1 saturated carbocycles. The summed E-state index contributed by atoms with van der Waals surface area (Å²) in [5, 5.41) is 34.5. The van der Waals surface area contributed by atoms with E-state index in [4.69, 9.17) is 43.2 Å². The van der Waals surface area contributed by atoms with Crippen molar-refractivity contribution in [3.8, 4) is 23.0 Å². The molecule has 3 N–H and O–H groups in total. The zero-order valence-corrected chi connectivity index (χ0v) is 40.0. The number of hydrogen-bond acceptors (Lipinski definition) is 14. The van der Waals surface area contributed by atoms with E-state index in [-0.39, 0.29) is 83.6 Å². The molecule has 0 radical (unpaired) electrons. The number of allylic oxidation sites excluding steroid dienone is 1. The average Bonchev–Trinajstić information content (AvgIpc) is 3.33. The van der Waals surface area contributed by atoms with Crippen molar-refractivity contribution in [2.24, 2.45) is 22.9 Å². The van der Waals surface area contributed by atoms with Gasteiger partial charge in [0, 0.05) is 37.7 Å². The van der Waals surface area contributed by atoms with Crippen molar-refractivity contribution in [2.75, 3.05) is 66.5 Å². The number of carbonyl (C=O) groups excluding carboxylic acids is 2. The second kappa shape index (κ2) is 25.4. The molecule has 6 rings (SSSR count). The minimum Gasteiger partial charge on any atom is -0.496 e. The molecule has 0 saturated heterocycles. The molecular weight excluding hydrogens is 873 g/mol. The second-order valence-electron chi connectivity index (χ2n) is 18.3. The number of benzene rings is 3. The Balaban J connectivity index is 1.51. The lowest BCUT2D eigenvalue weighted by Gasteiger charge is -2.59. The molecule has 2 aliphatic carbocycles. The summed E-state index contributed by atoms with van der Waals surface area (Å²) >= 11 is 0. The number of nitrogens with zero attached hydrogens (tertiary/aromatic N) is 2. The molecular formula is C53H70N2O13. The maximum atomic E-state index is 14.7. The van der Waals surface area contributed by atoms with Crippen LogP contribution < -0.4 is 14.2 Å². The molecule has 1 heterocycles. The van der Waals surface area contributed by atoms with Gasteiger partial charge in [0.2, 0.25) is 5.79 Å². The van der Waals surface area contributed by atoms with Gasteiger partial charge in [0.25, 0.3) is 0 Å². The number of hydrogen-bond donors (Lipinski definition) is 3. The highest BCUT2D eigenvalue weighted by molar-refractivity contribution is 6.03. The summed E-state index contributed by atoms with van der Waals surface area (Å²) in [6.07, 6.45) is 8.42. The highest BCUT2D eigenvalue weighted by atomic mass is 16.7. The summed E-state index contributed by atoms with van der Waals surface area (Å²) in [6.45, 7) is 10.4. The highest BCUT2D eigenvalue weighted by Crippen LogP contribution is 2.62. The molecule has 68 heavy (non-hydrogen) atoms. The third-order valence-electron chi connectivity index (χ3n) is 12.5. The normalized spacial score (nSPS) is 22.2. The largest absolute Gasteiger partial charge is 0.496 e. The van der Waals surface area contributed by atoms with Gasteiger partial charge >= 0.3 is 6.09 Å². The fraction of sp³-hybridized carbons (Fsp3) is 0.528. The van der Waals surface area contributed by atoms with E-state index >= 15 is 0 Å². The molecule has 6 unspecified atom stereocenters. The Bertz CT molecular complexity index is 2160. The lowest BCUT2D eigenvalue weighted by molar-refractivity contribution is -0.256. The molecule has 1 fully saturated rings. The van der Waals surface area contributed by atoms with Crippen LogP contribution in [-0.4, -0.2) is 122 Å². The van der Waals surface area contributed by atoms with Gasteiger partial charge in [0.05, 0.1) is 63.9 Å². The zero-order chi connectivity index (χ0) is 48.5. The predicted molar refractivity (Wildman–Crippen MR) is 256 cm³/mol. The van der Waals surface area contributed by atoms with Crippen LogP contribution in [0.3, 0.4) is 0 Å². The predicted octanol–water partition coefficient (Wildman–Crippen LogP) is 8.40. The van der Waals surface area contributed by atoms with Gasteiger partial charge in [-0.15, -0.1) is 6.58 Å². The van der Waals surface area contributed by atoms with Gasteiger partial charge in [-0.2, -0.15) is 0 Å². The van der Waals surface area contributed by atoms with Crippen LogP contribution in [0.25, 0.3) is 0 Å². The minimum atomic E-state index is -1.55. The summed E-state index contributed by atoms with van der Waals surface area (Å²) in [5.41, 5.74) is 3.02. The zero-order valence-electron chi connectivity index (χ0n) is 40.0. The number of rotatable bonds is 27. The molecule has 3 aromatic carbocycles. The topological polar surface area (TPSA) is 184 Å². The molecule has 1 aliphatic heterocycles. The summed E-state index contributed by atoms with van der Waals surface area (Å²) in [7, 11) is 1.50. The number of unbranched alkanes of at least 4 members (excludes halogenated alkanes) is 2. The maximum absolute atomic E-state index is 14.7. The SMILES string of the molecule is C=CCOC12Oc3ccc(Oc4ccc(OC)c(C=O)c4)cc3C3C(CCCCO)C(CCCCO)C=C(C(=NOC(C)(C)C)CC1N(CCOCCO)C(=O)OCCOCc1ccccc1)C32. The fourth-order valence-corrected chi connectivity index (χ4v) is 9.65. The van der Waals surface area contributed by atoms with Gasteiger partial charge in [-0.05, 0) is 106 Å². The van der Waals surface area contributed by atoms with Gasteiger partial charge in [-0.3, -0.25) is 9.69 Å². The van der Waals surface area contributed by atoms with Crippen LogP contribution in [0.15, 0.2) is 96.2 Å². The lowest BCUT2D eigenvalue weighted by atomic mass is 9.55. The number of carbonyl (C=O) groups is 2. The fourth-order valence-electron chi connectivity index (χ4n) is 9.65. The maximum Gasteiger partial charge on any atom is 0.410 e. The van der Waals surface area contributed by atoms with Crippen LogP contribution in [0, 0.1) is 17.8 Å². The first-order valence-corrected chi connectivity index (χ1v) is 23.8. The molecule has 6 atom stereocenters. The number of aliphatic hydroxyl groups excluding tert-OH is 3. The van der Waals surface area contributed by atoms with Crippen LogP contribution in [0.1, 0.15) is 93.1 Å². The smallest absolute Gasteiger partial charge is 0.410 e. The molecule has 0 aromatic heterocycles. The molecule has 3 aromatic rings. The molecule has 15 heteroatoms. The Morgan fingerprint density at radius 3 is 2.37 bits per heavy atom. The van der Waals surface area contributed by atoms with E-state index in [1.165, 1.54) is 7.11 Å². The lowest BCUT2D eigenvalue weighted by Crippen LogP contribution is -2.70. The number of aldehydes is 1. The van der Waals surface area contributed by atoms with Crippen LogP contribution in [0.2, 0.25) is 0 Å². The molecule has 15 nitrogen and oxygen atoms in total. The van der Waals surface area contributed by atoms with Crippen molar-refractivity contribution in [3.05, 3.63) is 108 Å². The number of aliphatic hydroxyl groups is 3. The number of fused-ring (bicyclic) bond motifs is 2. The van der Waals surface area contributed by atoms with Crippen molar-refractivity contribution in [1.29, 1.82) is 0 Å². The van der Waals surface area contributed by atoms with Gasteiger partial charge in [-0.1, -0.05) is 60.5 Å². The summed E-state index contributed by atoms with van der Waals surface area (Å²) in [6, 6.07) is 19.5.